The summed E-state index contributed by atoms with van der Waals surface area (Å²) in [6, 6.07) is 16.1. The molecule has 0 aliphatic rings. The predicted octanol–water partition coefficient (Wildman–Crippen LogP) is 4.07. The van der Waals surface area contributed by atoms with Crippen LogP contribution < -0.4 is 5.32 Å². The second-order valence-corrected chi connectivity index (χ2v) is 6.26. The van der Waals surface area contributed by atoms with Crippen LogP contribution in [0.25, 0.3) is 11.4 Å². The minimum Gasteiger partial charge on any atom is -0.368 e. The number of hydrogen-bond donors (Lipinski definition) is 1. The van der Waals surface area contributed by atoms with E-state index in [2.05, 4.69) is 34.3 Å². The van der Waals surface area contributed by atoms with E-state index in [4.69, 9.17) is 0 Å². The molecule has 2 heterocycles. The fourth-order valence-electron chi connectivity index (χ4n) is 2.39. The van der Waals surface area contributed by atoms with Gasteiger partial charge in [0.15, 0.2) is 0 Å². The Balaban J connectivity index is 1.67. The van der Waals surface area contributed by atoms with Gasteiger partial charge in [0.05, 0.1) is 5.69 Å². The van der Waals surface area contributed by atoms with E-state index in [1.165, 1.54) is 12.1 Å². The van der Waals surface area contributed by atoms with Crippen LogP contribution in [-0.2, 0) is 5.41 Å². The topological polar surface area (TPSA) is 50.7 Å². The van der Waals surface area contributed by atoms with Crippen molar-refractivity contribution < 1.29 is 4.39 Å². The summed E-state index contributed by atoms with van der Waals surface area (Å²) in [5.74, 6) is 0.475. The van der Waals surface area contributed by atoms with Crippen molar-refractivity contribution in [2.75, 3.05) is 11.9 Å². The average Bonchev–Trinajstić information content (AvgIpc) is 2.62. The lowest BCUT2D eigenvalue weighted by Gasteiger charge is -2.25. The number of nitrogens with zero attached hydrogens (tertiary/aromatic N) is 3. The average molecular weight is 322 g/mol. The number of halogens is 1. The zero-order valence-electron chi connectivity index (χ0n) is 13.7. The van der Waals surface area contributed by atoms with Crippen molar-refractivity contribution in [2.24, 2.45) is 0 Å². The molecule has 0 saturated carbocycles. The molecular weight excluding hydrogens is 303 g/mol. The molecule has 5 heteroatoms. The first-order valence-corrected chi connectivity index (χ1v) is 7.80. The number of benzene rings is 1. The van der Waals surface area contributed by atoms with E-state index in [1.54, 1.807) is 6.20 Å². The standard InChI is InChI=1S/C19H19FN4/c1-19(2,14-6-8-15(20)9-7-14)13-22-18-11-10-17(23-24-18)16-5-3-4-12-21-16/h3-12H,13H2,1-2H3,(H,22,24). The van der Waals surface area contributed by atoms with Crippen molar-refractivity contribution in [1.82, 2.24) is 15.2 Å². The molecule has 24 heavy (non-hydrogen) atoms. The molecule has 0 atom stereocenters. The number of rotatable bonds is 5. The first kappa shape index (κ1) is 16.1. The molecule has 0 radical (unpaired) electrons. The molecule has 0 saturated heterocycles. The Kier molecular flexibility index (Phi) is 4.51. The van der Waals surface area contributed by atoms with Crippen molar-refractivity contribution in [3.8, 4) is 11.4 Å². The van der Waals surface area contributed by atoms with E-state index in [9.17, 15) is 4.39 Å². The van der Waals surface area contributed by atoms with E-state index < -0.39 is 0 Å². The largest absolute Gasteiger partial charge is 0.368 e. The Morgan fingerprint density at radius 3 is 2.33 bits per heavy atom. The first-order valence-electron chi connectivity index (χ1n) is 7.80. The summed E-state index contributed by atoms with van der Waals surface area (Å²) in [6.45, 7) is 4.86. The second kappa shape index (κ2) is 6.74. The van der Waals surface area contributed by atoms with E-state index in [0.29, 0.717) is 12.4 Å². The van der Waals surface area contributed by atoms with E-state index >= 15 is 0 Å². The van der Waals surface area contributed by atoms with E-state index in [0.717, 1.165) is 17.0 Å². The van der Waals surface area contributed by atoms with Gasteiger partial charge in [0, 0.05) is 18.2 Å². The molecule has 0 bridgehead atoms. The van der Waals surface area contributed by atoms with Crippen LogP contribution in [0.1, 0.15) is 19.4 Å². The third kappa shape index (κ3) is 3.74. The molecule has 0 unspecified atom stereocenters. The lowest BCUT2D eigenvalue weighted by atomic mass is 9.84. The van der Waals surface area contributed by atoms with Crippen LogP contribution >= 0.6 is 0 Å². The van der Waals surface area contributed by atoms with Gasteiger partial charge in [-0.15, -0.1) is 10.2 Å². The van der Waals surface area contributed by atoms with E-state index in [-0.39, 0.29) is 11.2 Å². The molecule has 1 aromatic carbocycles. The minimum absolute atomic E-state index is 0.158. The summed E-state index contributed by atoms with van der Waals surface area (Å²) in [5.41, 5.74) is 2.44. The molecule has 0 spiro atoms. The molecule has 2 aromatic heterocycles. The molecule has 0 amide bonds. The number of hydrogen-bond acceptors (Lipinski definition) is 4. The number of pyridine rings is 1. The Hall–Kier alpha value is -2.82. The van der Waals surface area contributed by atoms with Gasteiger partial charge in [-0.05, 0) is 42.0 Å². The summed E-state index contributed by atoms with van der Waals surface area (Å²) in [4.78, 5) is 4.26. The van der Waals surface area contributed by atoms with Gasteiger partial charge >= 0.3 is 0 Å². The highest BCUT2D eigenvalue weighted by Crippen LogP contribution is 2.24. The SMILES string of the molecule is CC(C)(CNc1ccc(-c2ccccn2)nn1)c1ccc(F)cc1. The fourth-order valence-corrected chi connectivity index (χ4v) is 2.39. The Morgan fingerprint density at radius 1 is 0.917 bits per heavy atom. The molecule has 4 nitrogen and oxygen atoms in total. The summed E-state index contributed by atoms with van der Waals surface area (Å²) in [5, 5.41) is 11.7. The molecule has 1 N–H and O–H groups in total. The van der Waals surface area contributed by atoms with Crippen molar-refractivity contribution in [1.29, 1.82) is 0 Å². The molecular formula is C19H19FN4. The van der Waals surface area contributed by atoms with Crippen molar-refractivity contribution in [3.05, 3.63) is 72.2 Å². The Bertz CT molecular complexity index is 784. The molecule has 122 valence electrons. The van der Waals surface area contributed by atoms with Crippen molar-refractivity contribution >= 4 is 5.82 Å². The first-order chi connectivity index (χ1) is 11.5. The minimum atomic E-state index is -0.224. The number of aromatic nitrogens is 3. The highest BCUT2D eigenvalue weighted by molar-refractivity contribution is 5.54. The summed E-state index contributed by atoms with van der Waals surface area (Å²) in [6.07, 6.45) is 1.73. The van der Waals surface area contributed by atoms with Crippen LogP contribution in [0.15, 0.2) is 60.8 Å². The van der Waals surface area contributed by atoms with Gasteiger partial charge in [-0.3, -0.25) is 4.98 Å². The van der Waals surface area contributed by atoms with Crippen molar-refractivity contribution in [2.45, 2.75) is 19.3 Å². The molecule has 3 aromatic rings. The van der Waals surface area contributed by atoms with Crippen LogP contribution in [0.5, 0.6) is 0 Å². The Morgan fingerprint density at radius 2 is 1.71 bits per heavy atom. The summed E-state index contributed by atoms with van der Waals surface area (Å²) < 4.78 is 13.1. The summed E-state index contributed by atoms with van der Waals surface area (Å²) >= 11 is 0. The zero-order valence-corrected chi connectivity index (χ0v) is 13.7. The maximum atomic E-state index is 13.1. The molecule has 0 fully saturated rings. The van der Waals surface area contributed by atoms with Gasteiger partial charge in [-0.25, -0.2) is 4.39 Å². The van der Waals surface area contributed by atoms with Crippen LogP contribution in [0.4, 0.5) is 10.2 Å². The molecule has 0 aliphatic carbocycles. The lowest BCUT2D eigenvalue weighted by Crippen LogP contribution is -2.28. The van der Waals surface area contributed by atoms with Gasteiger partial charge in [0.2, 0.25) is 0 Å². The monoisotopic (exact) mass is 322 g/mol. The highest BCUT2D eigenvalue weighted by Gasteiger charge is 2.20. The normalized spacial score (nSPS) is 11.3. The maximum Gasteiger partial charge on any atom is 0.148 e. The quantitative estimate of drug-likeness (QED) is 0.769. The lowest BCUT2D eigenvalue weighted by molar-refractivity contribution is 0.552. The zero-order chi connectivity index (χ0) is 17.0. The molecule has 3 rings (SSSR count). The Labute approximate surface area is 140 Å². The van der Waals surface area contributed by atoms with E-state index in [1.807, 2.05) is 42.5 Å². The van der Waals surface area contributed by atoms with Crippen LogP contribution in [0.2, 0.25) is 0 Å². The third-order valence-electron chi connectivity index (χ3n) is 3.93. The van der Waals surface area contributed by atoms with Crippen LogP contribution in [-0.4, -0.2) is 21.7 Å². The van der Waals surface area contributed by atoms with Crippen LogP contribution in [0, 0.1) is 5.82 Å². The predicted molar refractivity (Wildman–Crippen MR) is 93.2 cm³/mol. The van der Waals surface area contributed by atoms with Gasteiger partial charge in [-0.2, -0.15) is 0 Å². The van der Waals surface area contributed by atoms with Gasteiger partial charge in [-0.1, -0.05) is 32.0 Å². The third-order valence-corrected chi connectivity index (χ3v) is 3.93. The number of anilines is 1. The van der Waals surface area contributed by atoms with Gasteiger partial charge in [0.1, 0.15) is 17.3 Å². The number of nitrogens with one attached hydrogen (secondary N) is 1. The molecule has 0 aliphatic heterocycles. The smallest absolute Gasteiger partial charge is 0.148 e. The summed E-state index contributed by atoms with van der Waals surface area (Å²) in [7, 11) is 0. The van der Waals surface area contributed by atoms with Gasteiger partial charge < -0.3 is 5.32 Å². The van der Waals surface area contributed by atoms with Crippen molar-refractivity contribution in [3.63, 3.8) is 0 Å². The fraction of sp³-hybridized carbons (Fsp3) is 0.211. The maximum absolute atomic E-state index is 13.1. The van der Waals surface area contributed by atoms with Gasteiger partial charge in [0.25, 0.3) is 0 Å². The highest BCUT2D eigenvalue weighted by atomic mass is 19.1. The second-order valence-electron chi connectivity index (χ2n) is 6.26. The van der Waals surface area contributed by atoms with Crippen LogP contribution in [0.3, 0.4) is 0 Å².